The van der Waals surface area contributed by atoms with Crippen LogP contribution in [0.25, 0.3) is 0 Å². The average molecular weight is 158 g/mol. The van der Waals surface area contributed by atoms with E-state index in [0.29, 0.717) is 0 Å². The van der Waals surface area contributed by atoms with Crippen molar-refractivity contribution in [1.29, 1.82) is 0 Å². The number of nitrogens with one attached hydrogen (secondary N) is 1. The van der Waals surface area contributed by atoms with Crippen LogP contribution in [-0.4, -0.2) is 11.9 Å². The van der Waals surface area contributed by atoms with Crippen molar-refractivity contribution in [2.24, 2.45) is 17.2 Å². The molecule has 0 aliphatic carbocycles. The highest BCUT2D eigenvalue weighted by atomic mass is 16.1. The number of rotatable bonds is 3. The molecule has 0 aromatic heterocycles. The van der Waals surface area contributed by atoms with Gasteiger partial charge in [0.2, 0.25) is 0 Å². The summed E-state index contributed by atoms with van der Waals surface area (Å²) in [5.41, 5.74) is 15.4. The number of hydrogen-bond donors (Lipinski definition) is 4. The monoisotopic (exact) mass is 158 g/mol. The summed E-state index contributed by atoms with van der Waals surface area (Å²) in [7, 11) is 0. The predicted molar refractivity (Wildman–Crippen MR) is 42.9 cm³/mol. The summed E-state index contributed by atoms with van der Waals surface area (Å²) in [6, 6.07) is 0.0830. The van der Waals surface area contributed by atoms with E-state index < -0.39 is 5.91 Å². The van der Waals surface area contributed by atoms with E-state index >= 15 is 0 Å². The predicted octanol–water partition coefficient (Wildman–Crippen LogP) is -1.44. The van der Waals surface area contributed by atoms with Gasteiger partial charge in [0, 0.05) is 6.04 Å². The SMILES string of the molecule is CC(C)NC(C(N)=O)=C(N)N. The largest absolute Gasteiger partial charge is 0.384 e. The van der Waals surface area contributed by atoms with E-state index in [0.717, 1.165) is 0 Å². The van der Waals surface area contributed by atoms with Gasteiger partial charge in [-0.25, -0.2) is 0 Å². The van der Waals surface area contributed by atoms with Crippen LogP contribution < -0.4 is 22.5 Å². The van der Waals surface area contributed by atoms with Crippen LogP contribution in [0.2, 0.25) is 0 Å². The van der Waals surface area contributed by atoms with Crippen LogP contribution in [0.5, 0.6) is 0 Å². The summed E-state index contributed by atoms with van der Waals surface area (Å²) in [4.78, 5) is 10.6. The van der Waals surface area contributed by atoms with Crippen molar-refractivity contribution in [3.63, 3.8) is 0 Å². The molecule has 0 saturated carbocycles. The normalized spacial score (nSPS) is 9.36. The van der Waals surface area contributed by atoms with Gasteiger partial charge in [-0.1, -0.05) is 0 Å². The van der Waals surface area contributed by atoms with Gasteiger partial charge in [-0.05, 0) is 13.8 Å². The van der Waals surface area contributed by atoms with Crippen molar-refractivity contribution >= 4 is 5.91 Å². The number of carbonyl (C=O) groups is 1. The second-order valence-corrected chi connectivity index (χ2v) is 2.49. The Morgan fingerprint density at radius 1 is 1.27 bits per heavy atom. The average Bonchev–Trinajstić information content (AvgIpc) is 1.81. The molecule has 0 saturated heterocycles. The van der Waals surface area contributed by atoms with Crippen LogP contribution in [0.3, 0.4) is 0 Å². The fraction of sp³-hybridized carbons (Fsp3) is 0.500. The van der Waals surface area contributed by atoms with E-state index in [-0.39, 0.29) is 17.6 Å². The lowest BCUT2D eigenvalue weighted by atomic mass is 10.3. The van der Waals surface area contributed by atoms with Gasteiger partial charge in [0.15, 0.2) is 0 Å². The van der Waals surface area contributed by atoms with Crippen molar-refractivity contribution in [3.8, 4) is 0 Å². The Labute approximate surface area is 65.6 Å². The highest BCUT2D eigenvalue weighted by Gasteiger charge is 2.08. The van der Waals surface area contributed by atoms with Crippen LogP contribution in [-0.2, 0) is 4.79 Å². The number of carbonyl (C=O) groups excluding carboxylic acids is 1. The molecule has 0 radical (unpaired) electrons. The van der Waals surface area contributed by atoms with Gasteiger partial charge in [-0.3, -0.25) is 4.79 Å². The van der Waals surface area contributed by atoms with Crippen LogP contribution >= 0.6 is 0 Å². The Hall–Kier alpha value is -1.39. The van der Waals surface area contributed by atoms with Gasteiger partial charge in [0.05, 0.1) is 0 Å². The highest BCUT2D eigenvalue weighted by Crippen LogP contribution is 1.90. The van der Waals surface area contributed by atoms with Gasteiger partial charge < -0.3 is 22.5 Å². The van der Waals surface area contributed by atoms with E-state index in [1.165, 1.54) is 0 Å². The molecule has 5 nitrogen and oxygen atoms in total. The fourth-order valence-electron chi connectivity index (χ4n) is 0.585. The Morgan fingerprint density at radius 2 is 1.73 bits per heavy atom. The topological polar surface area (TPSA) is 107 Å². The molecule has 0 unspecified atom stereocenters. The third-order valence-electron chi connectivity index (χ3n) is 0.968. The lowest BCUT2D eigenvalue weighted by molar-refractivity contribution is -0.115. The lowest BCUT2D eigenvalue weighted by Crippen LogP contribution is -2.35. The smallest absolute Gasteiger partial charge is 0.268 e. The first kappa shape index (κ1) is 9.61. The standard InChI is InChI=1S/C6H14N4O/c1-3(2)10-4(5(7)8)6(9)11/h3,10H,7-8H2,1-2H3,(H2,9,11). The van der Waals surface area contributed by atoms with Crippen molar-refractivity contribution in [3.05, 3.63) is 11.5 Å². The number of amides is 1. The van der Waals surface area contributed by atoms with E-state index in [2.05, 4.69) is 5.32 Å². The molecule has 0 spiro atoms. The minimum atomic E-state index is -0.640. The fourth-order valence-corrected chi connectivity index (χ4v) is 0.585. The molecule has 0 aromatic rings. The summed E-state index contributed by atoms with van der Waals surface area (Å²) in [6.07, 6.45) is 0. The molecule has 7 N–H and O–H groups in total. The summed E-state index contributed by atoms with van der Waals surface area (Å²) in [6.45, 7) is 3.71. The van der Waals surface area contributed by atoms with E-state index in [4.69, 9.17) is 17.2 Å². The Kier molecular flexibility index (Phi) is 3.23. The Balaban J connectivity index is 4.39. The molecular weight excluding hydrogens is 144 g/mol. The lowest BCUT2D eigenvalue weighted by Gasteiger charge is -2.11. The molecule has 0 heterocycles. The maximum absolute atomic E-state index is 10.6. The third-order valence-corrected chi connectivity index (χ3v) is 0.968. The van der Waals surface area contributed by atoms with Crippen molar-refractivity contribution in [2.45, 2.75) is 19.9 Å². The van der Waals surface area contributed by atoms with Crippen molar-refractivity contribution in [1.82, 2.24) is 5.32 Å². The van der Waals surface area contributed by atoms with E-state index in [1.807, 2.05) is 13.8 Å². The maximum Gasteiger partial charge on any atom is 0.268 e. The second-order valence-electron chi connectivity index (χ2n) is 2.49. The second kappa shape index (κ2) is 3.70. The summed E-state index contributed by atoms with van der Waals surface area (Å²) in [5, 5.41) is 2.73. The van der Waals surface area contributed by atoms with Gasteiger partial charge in [-0.15, -0.1) is 0 Å². The Morgan fingerprint density at radius 3 is 1.82 bits per heavy atom. The quantitative estimate of drug-likeness (QED) is 0.377. The third kappa shape index (κ3) is 3.34. The summed E-state index contributed by atoms with van der Waals surface area (Å²) < 4.78 is 0. The van der Waals surface area contributed by atoms with Crippen LogP contribution in [0.15, 0.2) is 11.5 Å². The van der Waals surface area contributed by atoms with Gasteiger partial charge in [-0.2, -0.15) is 0 Å². The molecule has 1 amide bonds. The first-order valence-electron chi connectivity index (χ1n) is 3.26. The van der Waals surface area contributed by atoms with E-state index in [9.17, 15) is 4.79 Å². The first-order valence-corrected chi connectivity index (χ1v) is 3.26. The van der Waals surface area contributed by atoms with Crippen LogP contribution in [0.1, 0.15) is 13.8 Å². The molecule has 0 aromatic carbocycles. The molecule has 11 heavy (non-hydrogen) atoms. The number of primary amides is 1. The minimum absolute atomic E-state index is 0.0776. The van der Waals surface area contributed by atoms with Crippen molar-refractivity contribution < 1.29 is 4.79 Å². The highest BCUT2D eigenvalue weighted by molar-refractivity contribution is 5.91. The molecular formula is C6H14N4O. The molecule has 0 aliphatic rings. The summed E-state index contributed by atoms with van der Waals surface area (Å²) >= 11 is 0. The molecule has 0 fully saturated rings. The summed E-state index contributed by atoms with van der Waals surface area (Å²) in [5.74, 6) is -0.718. The van der Waals surface area contributed by atoms with Gasteiger partial charge >= 0.3 is 0 Å². The molecule has 0 rings (SSSR count). The zero-order valence-electron chi connectivity index (χ0n) is 6.72. The Bertz CT molecular complexity index is 181. The number of hydrogen-bond acceptors (Lipinski definition) is 4. The maximum atomic E-state index is 10.6. The molecule has 0 atom stereocenters. The minimum Gasteiger partial charge on any atom is -0.384 e. The molecule has 0 bridgehead atoms. The molecule has 64 valence electrons. The van der Waals surface area contributed by atoms with Gasteiger partial charge in [0.25, 0.3) is 5.91 Å². The molecule has 5 heteroatoms. The number of nitrogens with two attached hydrogens (primary N) is 3. The van der Waals surface area contributed by atoms with Crippen LogP contribution in [0.4, 0.5) is 0 Å². The van der Waals surface area contributed by atoms with Gasteiger partial charge in [0.1, 0.15) is 11.5 Å². The zero-order chi connectivity index (χ0) is 9.02. The molecule has 0 aliphatic heterocycles. The van der Waals surface area contributed by atoms with E-state index in [1.54, 1.807) is 0 Å². The zero-order valence-corrected chi connectivity index (χ0v) is 6.72. The van der Waals surface area contributed by atoms with Crippen LogP contribution in [0, 0.1) is 0 Å². The first-order chi connectivity index (χ1) is 4.95. The van der Waals surface area contributed by atoms with Crippen molar-refractivity contribution in [2.75, 3.05) is 0 Å².